The lowest BCUT2D eigenvalue weighted by atomic mass is 10.1. The van der Waals surface area contributed by atoms with E-state index < -0.39 is 0 Å². The number of para-hydroxylation sites is 1. The van der Waals surface area contributed by atoms with Crippen LogP contribution < -0.4 is 15.4 Å². The van der Waals surface area contributed by atoms with Crippen LogP contribution in [0.25, 0.3) is 0 Å². The molecule has 0 aliphatic carbocycles. The largest absolute Gasteiger partial charge is 0.496 e. The van der Waals surface area contributed by atoms with Crippen molar-refractivity contribution in [2.75, 3.05) is 45.2 Å². The van der Waals surface area contributed by atoms with Gasteiger partial charge in [-0.15, -0.1) is 0 Å². The van der Waals surface area contributed by atoms with Crippen LogP contribution in [0.2, 0.25) is 0 Å². The number of carbonyl (C=O) groups is 2. The van der Waals surface area contributed by atoms with E-state index in [-0.39, 0.29) is 24.9 Å². The fraction of sp³-hybridized carbons (Fsp3) is 0.333. The van der Waals surface area contributed by atoms with Gasteiger partial charge in [-0.25, -0.2) is 0 Å². The molecule has 35 heavy (non-hydrogen) atoms. The maximum atomic E-state index is 12.8. The monoisotopic (exact) mass is 476 g/mol. The second-order valence-electron chi connectivity index (χ2n) is 8.72. The van der Waals surface area contributed by atoms with Crippen LogP contribution in [0, 0.1) is 6.92 Å². The molecule has 184 valence electrons. The minimum absolute atomic E-state index is 0.134. The molecule has 0 atom stereocenters. The van der Waals surface area contributed by atoms with Crippen LogP contribution in [0.4, 0.5) is 5.69 Å². The molecule has 0 radical (unpaired) electrons. The summed E-state index contributed by atoms with van der Waals surface area (Å²) in [6.45, 7) is 6.81. The molecular weight excluding hydrogens is 444 g/mol. The molecule has 1 aliphatic rings. The molecule has 1 aromatic heterocycles. The Morgan fingerprint density at radius 3 is 2.51 bits per heavy atom. The van der Waals surface area contributed by atoms with E-state index in [2.05, 4.69) is 39.5 Å². The number of piperazine rings is 1. The highest BCUT2D eigenvalue weighted by molar-refractivity contribution is 6.04. The van der Waals surface area contributed by atoms with Gasteiger partial charge < -0.3 is 19.8 Å². The maximum absolute atomic E-state index is 12.8. The summed E-state index contributed by atoms with van der Waals surface area (Å²) in [6, 6.07) is 16.8. The topological polar surface area (TPSA) is 87.0 Å². The van der Waals surface area contributed by atoms with Crippen molar-refractivity contribution in [2.45, 2.75) is 20.0 Å². The Hall–Kier alpha value is -3.62. The van der Waals surface area contributed by atoms with Crippen LogP contribution in [0.1, 0.15) is 27.2 Å². The van der Waals surface area contributed by atoms with E-state index in [1.165, 1.54) is 11.1 Å². The van der Waals surface area contributed by atoms with Crippen LogP contribution in [-0.4, -0.2) is 61.4 Å². The van der Waals surface area contributed by atoms with E-state index >= 15 is 0 Å². The number of furan rings is 1. The molecule has 1 saturated heterocycles. The van der Waals surface area contributed by atoms with Crippen molar-refractivity contribution in [1.29, 1.82) is 0 Å². The van der Waals surface area contributed by atoms with Crippen LogP contribution in [0.15, 0.2) is 65.3 Å². The van der Waals surface area contributed by atoms with Crippen molar-refractivity contribution < 1.29 is 18.7 Å². The molecule has 0 spiro atoms. The summed E-state index contributed by atoms with van der Waals surface area (Å²) < 4.78 is 10.8. The van der Waals surface area contributed by atoms with E-state index in [4.69, 9.17) is 9.15 Å². The second kappa shape index (κ2) is 11.7. The van der Waals surface area contributed by atoms with Crippen molar-refractivity contribution in [3.63, 3.8) is 0 Å². The highest BCUT2D eigenvalue weighted by Crippen LogP contribution is 2.22. The minimum atomic E-state index is -0.266. The zero-order valence-electron chi connectivity index (χ0n) is 20.3. The van der Waals surface area contributed by atoms with E-state index in [0.717, 1.165) is 38.5 Å². The van der Waals surface area contributed by atoms with Gasteiger partial charge in [-0.3, -0.25) is 19.4 Å². The minimum Gasteiger partial charge on any atom is -0.496 e. The van der Waals surface area contributed by atoms with Crippen LogP contribution >= 0.6 is 0 Å². The zero-order valence-corrected chi connectivity index (χ0v) is 20.3. The van der Waals surface area contributed by atoms with Gasteiger partial charge in [-0.1, -0.05) is 29.8 Å². The standard InChI is InChI=1S/C27H32N4O4/c1-20-9-10-25(34-2)21(16-20)18-30-11-13-31(14-12-30)19-26(32)29-24-8-4-3-7-23(24)27(33)28-17-22-6-5-15-35-22/h3-10,15-16H,11-14,17-19H2,1-2H3,(H,28,33)(H,29,32). The van der Waals surface area contributed by atoms with Gasteiger partial charge in [0.2, 0.25) is 5.91 Å². The maximum Gasteiger partial charge on any atom is 0.253 e. The molecule has 3 aromatic rings. The summed E-state index contributed by atoms with van der Waals surface area (Å²) in [7, 11) is 1.70. The van der Waals surface area contributed by atoms with Gasteiger partial charge in [0.25, 0.3) is 5.91 Å². The zero-order chi connectivity index (χ0) is 24.6. The number of nitrogens with one attached hydrogen (secondary N) is 2. The average molecular weight is 477 g/mol. The molecule has 2 heterocycles. The first-order valence-electron chi connectivity index (χ1n) is 11.8. The average Bonchev–Trinajstić information content (AvgIpc) is 3.38. The summed E-state index contributed by atoms with van der Waals surface area (Å²) in [6.07, 6.45) is 1.56. The Morgan fingerprint density at radius 2 is 1.77 bits per heavy atom. The van der Waals surface area contributed by atoms with Crippen molar-refractivity contribution in [2.24, 2.45) is 0 Å². The van der Waals surface area contributed by atoms with Crippen molar-refractivity contribution in [3.8, 4) is 5.75 Å². The number of ether oxygens (including phenoxy) is 1. The van der Waals surface area contributed by atoms with Crippen LogP contribution in [0.5, 0.6) is 5.75 Å². The quantitative estimate of drug-likeness (QED) is 0.493. The Kier molecular flexibility index (Phi) is 8.18. The number of aryl methyl sites for hydroxylation is 1. The third-order valence-electron chi connectivity index (χ3n) is 6.11. The van der Waals surface area contributed by atoms with Crippen LogP contribution in [0.3, 0.4) is 0 Å². The molecule has 1 aliphatic heterocycles. The lowest BCUT2D eigenvalue weighted by Crippen LogP contribution is -2.48. The van der Waals surface area contributed by atoms with Gasteiger partial charge >= 0.3 is 0 Å². The number of rotatable bonds is 9. The van der Waals surface area contributed by atoms with Crippen molar-refractivity contribution in [3.05, 3.63) is 83.3 Å². The fourth-order valence-corrected chi connectivity index (χ4v) is 4.24. The molecule has 1 fully saturated rings. The number of methoxy groups -OCH3 is 1. The lowest BCUT2D eigenvalue weighted by Gasteiger charge is -2.34. The number of hydrogen-bond acceptors (Lipinski definition) is 6. The Morgan fingerprint density at radius 1 is 1.00 bits per heavy atom. The molecule has 2 amide bonds. The van der Waals surface area contributed by atoms with Gasteiger partial charge in [0.15, 0.2) is 0 Å². The normalized spacial score (nSPS) is 14.5. The molecule has 0 unspecified atom stereocenters. The number of anilines is 1. The first kappa shape index (κ1) is 24.5. The third kappa shape index (κ3) is 6.71. The van der Waals surface area contributed by atoms with Gasteiger partial charge in [-0.2, -0.15) is 0 Å². The van der Waals surface area contributed by atoms with Gasteiger partial charge in [0, 0.05) is 38.3 Å². The molecule has 0 bridgehead atoms. The Bertz CT molecular complexity index is 1140. The number of amides is 2. The number of benzene rings is 2. The van der Waals surface area contributed by atoms with Gasteiger partial charge in [-0.05, 0) is 37.3 Å². The first-order chi connectivity index (χ1) is 17.0. The first-order valence-corrected chi connectivity index (χ1v) is 11.8. The highest BCUT2D eigenvalue weighted by atomic mass is 16.5. The molecule has 8 nitrogen and oxygen atoms in total. The van der Waals surface area contributed by atoms with Gasteiger partial charge in [0.05, 0.1) is 37.7 Å². The SMILES string of the molecule is COc1ccc(C)cc1CN1CCN(CC(=O)Nc2ccccc2C(=O)NCc2ccco2)CC1. The van der Waals surface area contributed by atoms with Crippen molar-refractivity contribution >= 4 is 17.5 Å². The smallest absolute Gasteiger partial charge is 0.253 e. The predicted molar refractivity (Wildman–Crippen MR) is 134 cm³/mol. The molecular formula is C27H32N4O4. The van der Waals surface area contributed by atoms with E-state index in [1.54, 1.807) is 49.8 Å². The summed E-state index contributed by atoms with van der Waals surface area (Å²) >= 11 is 0. The van der Waals surface area contributed by atoms with E-state index in [0.29, 0.717) is 17.0 Å². The highest BCUT2D eigenvalue weighted by Gasteiger charge is 2.21. The summed E-state index contributed by atoms with van der Waals surface area (Å²) in [5.41, 5.74) is 3.32. The van der Waals surface area contributed by atoms with E-state index in [9.17, 15) is 9.59 Å². The molecule has 2 aromatic carbocycles. The molecule has 2 N–H and O–H groups in total. The summed E-state index contributed by atoms with van der Waals surface area (Å²) in [4.78, 5) is 29.9. The number of hydrogen-bond donors (Lipinski definition) is 2. The molecule has 4 rings (SSSR count). The number of nitrogens with zero attached hydrogens (tertiary/aromatic N) is 2. The lowest BCUT2D eigenvalue weighted by molar-refractivity contribution is -0.117. The second-order valence-corrected chi connectivity index (χ2v) is 8.72. The van der Waals surface area contributed by atoms with Crippen LogP contribution in [-0.2, 0) is 17.9 Å². The summed E-state index contributed by atoms with van der Waals surface area (Å²) in [5, 5.41) is 5.73. The van der Waals surface area contributed by atoms with E-state index in [1.807, 2.05) is 6.07 Å². The third-order valence-corrected chi connectivity index (χ3v) is 6.11. The number of carbonyl (C=O) groups excluding carboxylic acids is 2. The molecule has 8 heteroatoms. The fourth-order valence-electron chi connectivity index (χ4n) is 4.24. The Balaban J connectivity index is 1.27. The van der Waals surface area contributed by atoms with Crippen molar-refractivity contribution in [1.82, 2.24) is 15.1 Å². The van der Waals surface area contributed by atoms with Gasteiger partial charge in [0.1, 0.15) is 11.5 Å². The molecule has 0 saturated carbocycles. The summed E-state index contributed by atoms with van der Waals surface area (Å²) in [5.74, 6) is 1.17. The predicted octanol–water partition coefficient (Wildman–Crippen LogP) is 3.28. The Labute approximate surface area is 205 Å².